The van der Waals surface area contributed by atoms with E-state index in [0.717, 1.165) is 25.3 Å². The highest BCUT2D eigenvalue weighted by atomic mass is 16.7. The third-order valence-corrected chi connectivity index (χ3v) is 3.68. The van der Waals surface area contributed by atoms with Crippen molar-refractivity contribution in [2.45, 2.75) is 12.5 Å². The molecule has 1 aliphatic rings. The van der Waals surface area contributed by atoms with Crippen molar-refractivity contribution in [1.82, 2.24) is 5.06 Å². The molecule has 0 fully saturated rings. The van der Waals surface area contributed by atoms with Gasteiger partial charge in [-0.15, -0.1) is 0 Å². The van der Waals surface area contributed by atoms with Crippen LogP contribution in [-0.4, -0.2) is 25.3 Å². The van der Waals surface area contributed by atoms with Gasteiger partial charge in [-0.25, -0.2) is 0 Å². The Morgan fingerprint density at radius 3 is 2.55 bits per heavy atom. The van der Waals surface area contributed by atoms with E-state index in [9.17, 15) is 0 Å². The first-order chi connectivity index (χ1) is 9.86. The van der Waals surface area contributed by atoms with Crippen LogP contribution in [0.15, 0.2) is 54.6 Å². The summed E-state index contributed by atoms with van der Waals surface area (Å²) in [6.07, 6.45) is 0.981. The van der Waals surface area contributed by atoms with E-state index >= 15 is 0 Å². The van der Waals surface area contributed by atoms with Gasteiger partial charge < -0.3 is 9.57 Å². The van der Waals surface area contributed by atoms with Gasteiger partial charge in [0.15, 0.2) is 0 Å². The third-order valence-electron chi connectivity index (χ3n) is 3.68. The number of hydrogen-bond acceptors (Lipinski definition) is 3. The molecule has 0 bridgehead atoms. The molecule has 1 heterocycles. The van der Waals surface area contributed by atoms with E-state index in [-0.39, 0.29) is 6.10 Å². The highest BCUT2D eigenvalue weighted by Gasteiger charge is 2.24. The molecule has 1 unspecified atom stereocenters. The zero-order chi connectivity index (χ0) is 13.8. The summed E-state index contributed by atoms with van der Waals surface area (Å²) in [6, 6.07) is 18.4. The predicted molar refractivity (Wildman–Crippen MR) is 78.5 cm³/mol. The maximum atomic E-state index is 6.17. The Balaban J connectivity index is 1.89. The van der Waals surface area contributed by atoms with Gasteiger partial charge in [0.25, 0.3) is 0 Å². The molecule has 0 radical (unpaired) electrons. The lowest BCUT2D eigenvalue weighted by atomic mass is 10.0. The number of para-hydroxylation sites is 1. The summed E-state index contributed by atoms with van der Waals surface area (Å²) in [5.41, 5.74) is 2.60. The van der Waals surface area contributed by atoms with Gasteiger partial charge >= 0.3 is 0 Å². The molecule has 3 heteroatoms. The molecule has 0 amide bonds. The van der Waals surface area contributed by atoms with Crippen molar-refractivity contribution in [3.8, 4) is 5.75 Å². The van der Waals surface area contributed by atoms with E-state index in [1.165, 1.54) is 11.1 Å². The number of rotatable bonds is 3. The molecule has 3 nitrogen and oxygen atoms in total. The first-order valence-electron chi connectivity index (χ1n) is 6.95. The molecule has 3 rings (SSSR count). The molecule has 1 aliphatic heterocycles. The van der Waals surface area contributed by atoms with Crippen molar-refractivity contribution in [3.05, 3.63) is 65.7 Å². The van der Waals surface area contributed by atoms with Gasteiger partial charge in [0.1, 0.15) is 11.9 Å². The Morgan fingerprint density at radius 2 is 1.75 bits per heavy atom. The van der Waals surface area contributed by atoms with Gasteiger partial charge in [-0.3, -0.25) is 0 Å². The van der Waals surface area contributed by atoms with Crippen molar-refractivity contribution in [3.63, 3.8) is 0 Å². The minimum absolute atomic E-state index is 0.00366. The fourth-order valence-electron chi connectivity index (χ4n) is 2.63. The Kier molecular flexibility index (Phi) is 4.00. The lowest BCUT2D eigenvalue weighted by molar-refractivity contribution is -0.142. The Hall–Kier alpha value is -1.84. The monoisotopic (exact) mass is 269 g/mol. The van der Waals surface area contributed by atoms with E-state index in [4.69, 9.17) is 9.57 Å². The summed E-state index contributed by atoms with van der Waals surface area (Å²) in [5, 5.41) is 1.97. The molecular weight excluding hydrogens is 250 g/mol. The van der Waals surface area contributed by atoms with Crippen molar-refractivity contribution in [2.24, 2.45) is 0 Å². The Morgan fingerprint density at radius 1 is 1.00 bits per heavy atom. The molecule has 0 N–H and O–H groups in total. The van der Waals surface area contributed by atoms with Gasteiger partial charge in [-0.1, -0.05) is 42.5 Å². The van der Waals surface area contributed by atoms with E-state index in [1.807, 2.05) is 35.4 Å². The fourth-order valence-corrected chi connectivity index (χ4v) is 2.63. The quantitative estimate of drug-likeness (QED) is 0.854. The molecule has 0 aliphatic carbocycles. The smallest absolute Gasteiger partial charge is 0.139 e. The van der Waals surface area contributed by atoms with Crippen molar-refractivity contribution in [2.75, 3.05) is 20.2 Å². The second-order valence-electron chi connectivity index (χ2n) is 4.94. The fraction of sp³-hybridized carbons (Fsp3) is 0.294. The average Bonchev–Trinajstić information content (AvgIpc) is 2.68. The number of nitrogens with zero attached hydrogens (tertiary/aromatic N) is 1. The largest absolute Gasteiger partial charge is 0.484 e. The maximum Gasteiger partial charge on any atom is 0.139 e. The number of benzene rings is 2. The molecule has 0 aromatic heterocycles. The normalized spacial score (nSPS) is 19.1. The highest BCUT2D eigenvalue weighted by molar-refractivity contribution is 5.32. The molecule has 0 spiro atoms. The van der Waals surface area contributed by atoms with Crippen LogP contribution >= 0.6 is 0 Å². The van der Waals surface area contributed by atoms with Crippen molar-refractivity contribution < 1.29 is 9.57 Å². The van der Waals surface area contributed by atoms with E-state index in [0.29, 0.717) is 0 Å². The summed E-state index contributed by atoms with van der Waals surface area (Å²) >= 11 is 0. The second kappa shape index (κ2) is 6.07. The molecule has 0 saturated carbocycles. The van der Waals surface area contributed by atoms with E-state index in [2.05, 4.69) is 24.3 Å². The SMILES string of the molecule is CON1CCc2ccccc2C(Oc2ccccc2)C1. The van der Waals surface area contributed by atoms with Gasteiger partial charge in [-0.05, 0) is 29.7 Å². The minimum atomic E-state index is -0.00366. The van der Waals surface area contributed by atoms with Crippen LogP contribution < -0.4 is 4.74 Å². The highest BCUT2D eigenvalue weighted by Crippen LogP contribution is 2.28. The lowest BCUT2D eigenvalue weighted by Gasteiger charge is -2.23. The van der Waals surface area contributed by atoms with Gasteiger partial charge in [0.2, 0.25) is 0 Å². The molecule has 2 aromatic rings. The number of fused-ring (bicyclic) bond motifs is 1. The molecule has 104 valence electrons. The van der Waals surface area contributed by atoms with E-state index in [1.54, 1.807) is 7.11 Å². The van der Waals surface area contributed by atoms with E-state index < -0.39 is 0 Å². The molecule has 20 heavy (non-hydrogen) atoms. The van der Waals surface area contributed by atoms with Gasteiger partial charge in [0, 0.05) is 6.54 Å². The summed E-state index contributed by atoms with van der Waals surface area (Å²) in [6.45, 7) is 1.63. The van der Waals surface area contributed by atoms with Crippen LogP contribution in [-0.2, 0) is 11.3 Å². The predicted octanol–water partition coefficient (Wildman–Crippen LogP) is 3.23. The van der Waals surface area contributed by atoms with Gasteiger partial charge in [-0.2, -0.15) is 5.06 Å². The second-order valence-corrected chi connectivity index (χ2v) is 4.94. The zero-order valence-corrected chi connectivity index (χ0v) is 11.7. The van der Waals surface area contributed by atoms with Crippen LogP contribution in [0.1, 0.15) is 17.2 Å². The average molecular weight is 269 g/mol. The van der Waals surface area contributed by atoms with Crippen LogP contribution in [0.5, 0.6) is 5.75 Å². The van der Waals surface area contributed by atoms with Crippen molar-refractivity contribution >= 4 is 0 Å². The summed E-state index contributed by atoms with van der Waals surface area (Å²) in [7, 11) is 1.72. The maximum absolute atomic E-state index is 6.17. The zero-order valence-electron chi connectivity index (χ0n) is 11.7. The first kappa shape index (κ1) is 13.2. The molecule has 2 aromatic carbocycles. The number of ether oxygens (including phenoxy) is 1. The van der Waals surface area contributed by atoms with Crippen molar-refractivity contribution in [1.29, 1.82) is 0 Å². The van der Waals surface area contributed by atoms with Crippen LogP contribution in [0.2, 0.25) is 0 Å². The number of hydrogen-bond donors (Lipinski definition) is 0. The minimum Gasteiger partial charge on any atom is -0.484 e. The van der Waals surface area contributed by atoms with Gasteiger partial charge in [0.05, 0.1) is 13.7 Å². The summed E-state index contributed by atoms with van der Waals surface area (Å²) < 4.78 is 6.17. The number of hydroxylamine groups is 2. The van der Waals surface area contributed by atoms with Crippen LogP contribution in [0, 0.1) is 0 Å². The molecule has 1 atom stereocenters. The van der Waals surface area contributed by atoms with Crippen LogP contribution in [0.25, 0.3) is 0 Å². The first-order valence-corrected chi connectivity index (χ1v) is 6.95. The molecular formula is C17H19NO2. The lowest BCUT2D eigenvalue weighted by Crippen LogP contribution is -2.29. The Bertz CT molecular complexity index is 556. The Labute approximate surface area is 119 Å². The summed E-state index contributed by atoms with van der Waals surface area (Å²) in [4.78, 5) is 5.42. The van der Waals surface area contributed by atoms with Crippen LogP contribution in [0.4, 0.5) is 0 Å². The standard InChI is InChI=1S/C17H19NO2/c1-19-18-12-11-14-7-5-6-10-16(14)17(13-18)20-15-8-3-2-4-9-15/h2-10,17H,11-13H2,1H3. The third kappa shape index (κ3) is 2.84. The summed E-state index contributed by atoms with van der Waals surface area (Å²) in [5.74, 6) is 0.894. The molecule has 0 saturated heterocycles. The van der Waals surface area contributed by atoms with Crippen LogP contribution in [0.3, 0.4) is 0 Å². The topological polar surface area (TPSA) is 21.7 Å².